The highest BCUT2D eigenvalue weighted by molar-refractivity contribution is 8.26. The molecule has 0 bridgehead atoms. The number of thioether (sulfide) groups is 1. The maximum atomic E-state index is 12.7. The Kier molecular flexibility index (Phi) is 8.04. The van der Waals surface area contributed by atoms with Gasteiger partial charge in [0.1, 0.15) is 10.1 Å². The maximum absolute atomic E-state index is 12.7. The van der Waals surface area contributed by atoms with E-state index in [2.05, 4.69) is 5.32 Å². The predicted octanol–water partition coefficient (Wildman–Crippen LogP) is 5.10. The highest BCUT2D eigenvalue weighted by atomic mass is 32.2. The van der Waals surface area contributed by atoms with E-state index in [1.165, 1.54) is 11.8 Å². The highest BCUT2D eigenvalue weighted by Crippen LogP contribution is 2.33. The number of thiocarbonyl (C=S) groups is 1. The van der Waals surface area contributed by atoms with Gasteiger partial charge < -0.3 is 10.1 Å². The van der Waals surface area contributed by atoms with Crippen LogP contribution < -0.4 is 10.1 Å². The first-order chi connectivity index (χ1) is 14.6. The number of para-hydroxylation sites is 1. The van der Waals surface area contributed by atoms with Crippen molar-refractivity contribution in [3.8, 4) is 5.75 Å². The smallest absolute Gasteiger partial charge is 0.266 e. The summed E-state index contributed by atoms with van der Waals surface area (Å²) in [6.07, 6.45) is 4.75. The van der Waals surface area contributed by atoms with Crippen LogP contribution in [-0.4, -0.2) is 34.7 Å². The lowest BCUT2D eigenvalue weighted by atomic mass is 10.1. The van der Waals surface area contributed by atoms with Crippen LogP contribution in [0.3, 0.4) is 0 Å². The third kappa shape index (κ3) is 6.18. The Morgan fingerprint density at radius 2 is 1.83 bits per heavy atom. The molecule has 0 unspecified atom stereocenters. The minimum atomic E-state index is -0.0531. The molecule has 2 amide bonds. The van der Waals surface area contributed by atoms with E-state index in [4.69, 9.17) is 17.0 Å². The van der Waals surface area contributed by atoms with Crippen molar-refractivity contribution in [3.63, 3.8) is 0 Å². The third-order valence-corrected chi connectivity index (χ3v) is 6.01. The van der Waals surface area contributed by atoms with Crippen molar-refractivity contribution < 1.29 is 14.3 Å². The SMILES string of the molecule is COc1ccc(C=C2SC(=S)N(CCCCCC(=O)Nc3ccccc3)C2=O)cc1. The summed E-state index contributed by atoms with van der Waals surface area (Å²) in [6, 6.07) is 17.0. The van der Waals surface area contributed by atoms with Crippen molar-refractivity contribution >= 4 is 51.9 Å². The van der Waals surface area contributed by atoms with Gasteiger partial charge in [0, 0.05) is 18.7 Å². The average molecular weight is 441 g/mol. The molecule has 0 radical (unpaired) electrons. The lowest BCUT2D eigenvalue weighted by Gasteiger charge is -2.14. The fourth-order valence-electron chi connectivity index (χ4n) is 3.02. The molecule has 1 N–H and O–H groups in total. The number of nitrogens with zero attached hydrogens (tertiary/aromatic N) is 1. The zero-order chi connectivity index (χ0) is 21.3. The van der Waals surface area contributed by atoms with E-state index in [1.807, 2.05) is 60.7 Å². The molecule has 0 atom stereocenters. The fraction of sp³-hybridized carbons (Fsp3) is 0.261. The summed E-state index contributed by atoms with van der Waals surface area (Å²) in [5.74, 6) is 0.731. The summed E-state index contributed by atoms with van der Waals surface area (Å²) in [7, 11) is 1.62. The standard InChI is InChI=1S/C23H24N2O3S2/c1-28-19-13-11-17(12-14-19)16-20-22(27)25(23(29)30-20)15-7-3-6-10-21(26)24-18-8-4-2-5-9-18/h2,4-5,8-9,11-14,16H,3,6-7,10,15H2,1H3,(H,24,26). The number of amides is 2. The van der Waals surface area contributed by atoms with Crippen LogP contribution in [0.2, 0.25) is 0 Å². The first-order valence-corrected chi connectivity index (χ1v) is 11.0. The van der Waals surface area contributed by atoms with Crippen LogP contribution in [0.5, 0.6) is 5.75 Å². The Bertz CT molecular complexity index is 927. The van der Waals surface area contributed by atoms with E-state index in [0.29, 0.717) is 22.2 Å². The van der Waals surface area contributed by atoms with Crippen LogP contribution >= 0.6 is 24.0 Å². The van der Waals surface area contributed by atoms with Gasteiger partial charge in [0.25, 0.3) is 5.91 Å². The topological polar surface area (TPSA) is 58.6 Å². The Hall–Kier alpha value is -2.64. The second-order valence-electron chi connectivity index (χ2n) is 6.83. The van der Waals surface area contributed by atoms with Gasteiger partial charge in [0.15, 0.2) is 0 Å². The molecule has 1 fully saturated rings. The van der Waals surface area contributed by atoms with Crippen LogP contribution in [0.4, 0.5) is 5.69 Å². The molecule has 156 valence electrons. The summed E-state index contributed by atoms with van der Waals surface area (Å²) >= 11 is 6.72. The Morgan fingerprint density at radius 3 is 2.53 bits per heavy atom. The minimum absolute atomic E-state index is 0.00855. The van der Waals surface area contributed by atoms with Gasteiger partial charge in [-0.3, -0.25) is 14.5 Å². The maximum Gasteiger partial charge on any atom is 0.266 e. The predicted molar refractivity (Wildman–Crippen MR) is 126 cm³/mol. The van der Waals surface area contributed by atoms with E-state index in [1.54, 1.807) is 12.0 Å². The second kappa shape index (κ2) is 10.9. The van der Waals surface area contributed by atoms with E-state index < -0.39 is 0 Å². The summed E-state index contributed by atoms with van der Waals surface area (Å²) in [6.45, 7) is 0.574. The van der Waals surface area contributed by atoms with Gasteiger partial charge in [-0.2, -0.15) is 0 Å². The molecule has 3 rings (SSSR count). The number of unbranched alkanes of at least 4 members (excludes halogenated alkanes) is 2. The molecular formula is C23H24N2O3S2. The molecule has 7 heteroatoms. The van der Waals surface area contributed by atoms with Crippen LogP contribution in [-0.2, 0) is 9.59 Å². The van der Waals surface area contributed by atoms with Crippen LogP contribution in [0, 0.1) is 0 Å². The number of ether oxygens (including phenoxy) is 1. The fourth-order valence-corrected chi connectivity index (χ4v) is 4.33. The molecule has 1 heterocycles. The summed E-state index contributed by atoms with van der Waals surface area (Å²) in [5, 5.41) is 2.88. The zero-order valence-electron chi connectivity index (χ0n) is 16.8. The van der Waals surface area contributed by atoms with Crippen molar-refractivity contribution in [2.75, 3.05) is 19.0 Å². The number of rotatable bonds is 9. The first kappa shape index (κ1) is 22.1. The van der Waals surface area contributed by atoms with Gasteiger partial charge >= 0.3 is 0 Å². The van der Waals surface area contributed by atoms with Gasteiger partial charge in [0.05, 0.1) is 12.0 Å². The molecule has 0 spiro atoms. The molecule has 0 aliphatic carbocycles. The molecule has 2 aromatic rings. The zero-order valence-corrected chi connectivity index (χ0v) is 18.4. The highest BCUT2D eigenvalue weighted by Gasteiger charge is 2.31. The number of nitrogens with one attached hydrogen (secondary N) is 1. The van der Waals surface area contributed by atoms with E-state index in [9.17, 15) is 9.59 Å². The van der Waals surface area contributed by atoms with E-state index >= 15 is 0 Å². The van der Waals surface area contributed by atoms with Crippen LogP contribution in [0.1, 0.15) is 31.2 Å². The molecular weight excluding hydrogens is 416 g/mol. The average Bonchev–Trinajstić information content (AvgIpc) is 3.02. The molecule has 0 aromatic heterocycles. The number of anilines is 1. The van der Waals surface area contributed by atoms with Crippen molar-refractivity contribution in [2.45, 2.75) is 25.7 Å². The molecule has 2 aromatic carbocycles. The second-order valence-corrected chi connectivity index (χ2v) is 8.51. The number of benzene rings is 2. The Morgan fingerprint density at radius 1 is 1.10 bits per heavy atom. The van der Waals surface area contributed by atoms with Gasteiger partial charge in [-0.25, -0.2) is 0 Å². The van der Waals surface area contributed by atoms with Crippen molar-refractivity contribution in [2.24, 2.45) is 0 Å². The molecule has 1 aliphatic rings. The van der Waals surface area contributed by atoms with Gasteiger partial charge in [0.2, 0.25) is 5.91 Å². The Balaban J connectivity index is 1.42. The molecule has 5 nitrogen and oxygen atoms in total. The summed E-state index contributed by atoms with van der Waals surface area (Å²) in [5.41, 5.74) is 1.74. The van der Waals surface area contributed by atoms with Gasteiger partial charge in [-0.15, -0.1) is 0 Å². The first-order valence-electron chi connectivity index (χ1n) is 9.81. The number of carbonyl (C=O) groups is 2. The van der Waals surface area contributed by atoms with E-state index in [-0.39, 0.29) is 11.8 Å². The van der Waals surface area contributed by atoms with Crippen LogP contribution in [0.15, 0.2) is 59.5 Å². The largest absolute Gasteiger partial charge is 0.497 e. The molecule has 30 heavy (non-hydrogen) atoms. The monoisotopic (exact) mass is 440 g/mol. The van der Waals surface area contributed by atoms with Gasteiger partial charge in [-0.1, -0.05) is 60.7 Å². The number of methoxy groups -OCH3 is 1. The molecule has 1 aliphatic heterocycles. The Labute approximate surface area is 186 Å². The van der Waals surface area contributed by atoms with E-state index in [0.717, 1.165) is 36.3 Å². The minimum Gasteiger partial charge on any atom is -0.497 e. The normalized spacial score (nSPS) is 15.0. The van der Waals surface area contributed by atoms with Crippen molar-refractivity contribution in [3.05, 3.63) is 65.1 Å². The van der Waals surface area contributed by atoms with Gasteiger partial charge in [-0.05, 0) is 48.7 Å². The third-order valence-electron chi connectivity index (χ3n) is 4.63. The summed E-state index contributed by atoms with van der Waals surface area (Å²) < 4.78 is 5.74. The lowest BCUT2D eigenvalue weighted by molar-refractivity contribution is -0.122. The molecule has 1 saturated heterocycles. The number of hydrogen-bond donors (Lipinski definition) is 1. The van der Waals surface area contributed by atoms with Crippen molar-refractivity contribution in [1.29, 1.82) is 0 Å². The quantitative estimate of drug-likeness (QED) is 0.334. The lowest BCUT2D eigenvalue weighted by Crippen LogP contribution is -2.29. The number of hydrogen-bond acceptors (Lipinski definition) is 5. The number of carbonyl (C=O) groups excluding carboxylic acids is 2. The van der Waals surface area contributed by atoms with Crippen molar-refractivity contribution in [1.82, 2.24) is 4.90 Å². The summed E-state index contributed by atoms with van der Waals surface area (Å²) in [4.78, 5) is 26.9. The molecule has 0 saturated carbocycles. The van der Waals surface area contributed by atoms with Crippen LogP contribution in [0.25, 0.3) is 6.08 Å².